The van der Waals surface area contributed by atoms with Gasteiger partial charge in [-0.05, 0) is 46.1 Å². The summed E-state index contributed by atoms with van der Waals surface area (Å²) in [5.41, 5.74) is 1.32. The molecule has 0 amide bonds. The van der Waals surface area contributed by atoms with E-state index in [1.165, 1.54) is 20.5 Å². The summed E-state index contributed by atoms with van der Waals surface area (Å²) in [7, 11) is 4.66. The molecule has 3 aromatic rings. The van der Waals surface area contributed by atoms with Crippen molar-refractivity contribution >= 4 is 17.3 Å². The van der Waals surface area contributed by atoms with E-state index in [2.05, 4.69) is 34.9 Å². The number of rotatable bonds is 15. The first-order chi connectivity index (χ1) is 18.3. The topological polar surface area (TPSA) is 154 Å². The summed E-state index contributed by atoms with van der Waals surface area (Å²) in [6.07, 6.45) is 6.19. The van der Waals surface area contributed by atoms with Crippen molar-refractivity contribution in [3.63, 3.8) is 0 Å². The third-order valence-electron chi connectivity index (χ3n) is 5.52. The second-order valence-corrected chi connectivity index (χ2v) is 10.3. The maximum Gasteiger partial charge on any atom is 0.271 e. The minimum Gasteiger partial charge on any atom is -0.593 e. The summed E-state index contributed by atoms with van der Waals surface area (Å²) in [5, 5.41) is 8.13. The van der Waals surface area contributed by atoms with Crippen molar-refractivity contribution in [2.75, 3.05) is 32.7 Å². The van der Waals surface area contributed by atoms with Crippen molar-refractivity contribution in [3.8, 4) is 17.4 Å². The van der Waals surface area contributed by atoms with Crippen LogP contribution in [0.25, 0.3) is 5.69 Å². The van der Waals surface area contributed by atoms with Crippen molar-refractivity contribution < 1.29 is 23.5 Å². The Labute approximate surface area is 226 Å². The minimum atomic E-state index is -1.69. The molecule has 208 valence electrons. The molecule has 0 fully saturated rings. The SMILES string of the molecule is COCCCCc1nnc(N[S+]([O-])C(C)[C@@H](OC(C)C)c2ncc(C)cn2)n1-c1c(OC)ncnc1OC. The number of hydrogen-bond donors (Lipinski definition) is 1. The smallest absolute Gasteiger partial charge is 0.271 e. The molecule has 3 aromatic heterocycles. The Kier molecular flexibility index (Phi) is 11.0. The Morgan fingerprint density at radius 3 is 2.21 bits per heavy atom. The molecule has 1 N–H and O–H groups in total. The van der Waals surface area contributed by atoms with Gasteiger partial charge in [0.25, 0.3) is 5.95 Å². The van der Waals surface area contributed by atoms with Crippen LogP contribution in [0, 0.1) is 6.92 Å². The Morgan fingerprint density at radius 1 is 0.974 bits per heavy atom. The average Bonchev–Trinajstić information content (AvgIpc) is 3.30. The van der Waals surface area contributed by atoms with Gasteiger partial charge < -0.3 is 23.5 Å². The summed E-state index contributed by atoms with van der Waals surface area (Å²) in [4.78, 5) is 17.3. The van der Waals surface area contributed by atoms with Gasteiger partial charge in [0, 0.05) is 32.5 Å². The molecule has 14 heteroatoms. The second kappa shape index (κ2) is 14.2. The lowest BCUT2D eigenvalue weighted by atomic mass is 10.2. The fourth-order valence-electron chi connectivity index (χ4n) is 3.67. The van der Waals surface area contributed by atoms with Crippen LogP contribution in [-0.4, -0.2) is 78.5 Å². The number of nitrogens with zero attached hydrogens (tertiary/aromatic N) is 7. The summed E-state index contributed by atoms with van der Waals surface area (Å²) < 4.78 is 40.6. The molecule has 0 bridgehead atoms. The van der Waals surface area contributed by atoms with Crippen LogP contribution in [-0.2, 0) is 27.3 Å². The number of unbranched alkanes of at least 4 members (excludes halogenated alkanes) is 1. The van der Waals surface area contributed by atoms with Gasteiger partial charge in [0.15, 0.2) is 22.9 Å². The van der Waals surface area contributed by atoms with Crippen LogP contribution in [0.5, 0.6) is 11.8 Å². The number of anilines is 1. The number of hydrogen-bond acceptors (Lipinski definition) is 12. The first kappa shape index (κ1) is 29.5. The zero-order valence-corrected chi connectivity index (χ0v) is 23.7. The standard InChI is InChI=1S/C24H36N8O5S/c1-15(2)37-20(21-25-12-16(3)13-26-21)17(4)38(33)31-24-30-29-18(10-8-9-11-34-5)32(24)19-22(35-6)27-14-28-23(19)36-7/h12-15,17,20H,8-11H2,1-7H3,(H,30,31)/t17?,20-,38?/m1/s1. The van der Waals surface area contributed by atoms with Crippen LogP contribution in [0.3, 0.4) is 0 Å². The number of ether oxygens (including phenoxy) is 4. The van der Waals surface area contributed by atoms with Gasteiger partial charge in [-0.3, -0.25) is 4.57 Å². The van der Waals surface area contributed by atoms with Crippen LogP contribution in [0.15, 0.2) is 18.7 Å². The van der Waals surface area contributed by atoms with Gasteiger partial charge in [-0.25, -0.2) is 9.97 Å². The van der Waals surface area contributed by atoms with E-state index < -0.39 is 22.7 Å². The van der Waals surface area contributed by atoms with Crippen LogP contribution in [0.4, 0.5) is 5.95 Å². The van der Waals surface area contributed by atoms with Crippen LogP contribution >= 0.6 is 0 Å². The molecule has 0 aliphatic carbocycles. The number of nitrogens with one attached hydrogen (secondary N) is 1. The van der Waals surface area contributed by atoms with Crippen LogP contribution in [0.2, 0.25) is 0 Å². The number of aromatic nitrogens is 7. The number of aryl methyl sites for hydroxylation is 2. The van der Waals surface area contributed by atoms with Crippen molar-refractivity contribution in [2.45, 2.75) is 64.4 Å². The van der Waals surface area contributed by atoms with E-state index in [-0.39, 0.29) is 23.8 Å². The molecule has 13 nitrogen and oxygen atoms in total. The maximum absolute atomic E-state index is 13.6. The Bertz CT molecular complexity index is 1130. The predicted molar refractivity (Wildman–Crippen MR) is 142 cm³/mol. The van der Waals surface area contributed by atoms with Gasteiger partial charge in [0.1, 0.15) is 12.2 Å². The van der Waals surface area contributed by atoms with Crippen LogP contribution in [0.1, 0.15) is 56.9 Å². The highest BCUT2D eigenvalue weighted by Gasteiger charge is 2.35. The maximum atomic E-state index is 13.6. The quantitative estimate of drug-likeness (QED) is 0.219. The first-order valence-corrected chi connectivity index (χ1v) is 13.5. The van der Waals surface area contributed by atoms with E-state index in [0.29, 0.717) is 30.4 Å². The van der Waals surface area contributed by atoms with Gasteiger partial charge in [0.2, 0.25) is 11.8 Å². The highest BCUT2D eigenvalue weighted by atomic mass is 32.2. The average molecular weight is 549 g/mol. The van der Waals surface area contributed by atoms with Crippen molar-refractivity contribution in [2.24, 2.45) is 0 Å². The Hall–Kier alpha value is -3.07. The molecule has 0 saturated heterocycles. The van der Waals surface area contributed by atoms with Gasteiger partial charge in [-0.1, -0.05) is 0 Å². The van der Waals surface area contributed by atoms with E-state index >= 15 is 0 Å². The molecule has 0 spiro atoms. The Balaban J connectivity index is 1.97. The molecule has 0 aliphatic rings. The molecular weight excluding hydrogens is 512 g/mol. The molecule has 0 radical (unpaired) electrons. The van der Waals surface area contributed by atoms with E-state index in [0.717, 1.165) is 18.4 Å². The Morgan fingerprint density at radius 2 is 1.63 bits per heavy atom. The van der Waals surface area contributed by atoms with Crippen molar-refractivity contribution in [1.29, 1.82) is 0 Å². The van der Waals surface area contributed by atoms with Crippen LogP contribution < -0.4 is 14.2 Å². The molecule has 0 aliphatic heterocycles. The summed E-state index contributed by atoms with van der Waals surface area (Å²) >= 11 is -1.69. The zero-order valence-electron chi connectivity index (χ0n) is 22.9. The molecular formula is C24H36N8O5S. The molecule has 3 atom stereocenters. The molecule has 0 aromatic carbocycles. The minimum absolute atomic E-state index is 0.137. The summed E-state index contributed by atoms with van der Waals surface area (Å²) in [6, 6.07) is 0. The van der Waals surface area contributed by atoms with Gasteiger partial charge in [-0.15, -0.1) is 10.2 Å². The lowest BCUT2D eigenvalue weighted by molar-refractivity contribution is 0.00150. The van der Waals surface area contributed by atoms with Gasteiger partial charge >= 0.3 is 0 Å². The first-order valence-electron chi connectivity index (χ1n) is 12.3. The zero-order chi connectivity index (χ0) is 27.7. The molecule has 3 heterocycles. The highest BCUT2D eigenvalue weighted by Crippen LogP contribution is 2.33. The summed E-state index contributed by atoms with van der Waals surface area (Å²) in [6.45, 7) is 8.15. The molecule has 2 unspecified atom stereocenters. The van der Waals surface area contributed by atoms with Crippen molar-refractivity contribution in [1.82, 2.24) is 34.7 Å². The monoisotopic (exact) mass is 548 g/mol. The predicted octanol–water partition coefficient (Wildman–Crippen LogP) is 2.77. The molecule has 0 saturated carbocycles. The van der Waals surface area contributed by atoms with Crippen molar-refractivity contribution in [3.05, 3.63) is 35.9 Å². The van der Waals surface area contributed by atoms with Gasteiger partial charge in [-0.2, -0.15) is 14.7 Å². The van der Waals surface area contributed by atoms with E-state index in [9.17, 15) is 4.55 Å². The normalized spacial score (nSPS) is 13.8. The van der Waals surface area contributed by atoms with E-state index in [1.807, 2.05) is 20.8 Å². The molecule has 3 rings (SSSR count). The van der Waals surface area contributed by atoms with Gasteiger partial charge in [0.05, 0.1) is 31.7 Å². The molecule has 38 heavy (non-hydrogen) atoms. The highest BCUT2D eigenvalue weighted by molar-refractivity contribution is 7.93. The number of methoxy groups -OCH3 is 3. The third kappa shape index (κ3) is 7.28. The fraction of sp³-hybridized carbons (Fsp3) is 0.583. The largest absolute Gasteiger partial charge is 0.593 e. The third-order valence-corrected chi connectivity index (χ3v) is 6.83. The lowest BCUT2D eigenvalue weighted by Crippen LogP contribution is -2.35. The van der Waals surface area contributed by atoms with E-state index in [1.54, 1.807) is 31.0 Å². The summed E-state index contributed by atoms with van der Waals surface area (Å²) in [5.74, 6) is 1.77. The fourth-order valence-corrected chi connectivity index (χ4v) is 4.57. The van der Waals surface area contributed by atoms with E-state index in [4.69, 9.17) is 18.9 Å². The second-order valence-electron chi connectivity index (χ2n) is 8.79. The lowest BCUT2D eigenvalue weighted by Gasteiger charge is -2.26.